The van der Waals surface area contributed by atoms with Crippen molar-refractivity contribution < 1.29 is 0 Å². The molecule has 0 bridgehead atoms. The van der Waals surface area contributed by atoms with E-state index < -0.39 is 0 Å². The monoisotopic (exact) mass is 777 g/mol. The Morgan fingerprint density at radius 1 is 0.328 bits per heavy atom. The topological polar surface area (TPSA) is 13.1 Å². The molecule has 0 aliphatic heterocycles. The van der Waals surface area contributed by atoms with Crippen molar-refractivity contribution in [2.75, 3.05) is 4.90 Å². The van der Waals surface area contributed by atoms with E-state index in [0.29, 0.717) is 0 Å². The summed E-state index contributed by atoms with van der Waals surface area (Å²) in [7, 11) is 0. The minimum Gasteiger partial charge on any atom is -0.309 e. The lowest BCUT2D eigenvalue weighted by molar-refractivity contribution is 1.18. The zero-order chi connectivity index (χ0) is 40.3. The molecule has 3 nitrogen and oxygen atoms in total. The Hall–Kier alpha value is -8.14. The third-order valence-electron chi connectivity index (χ3n) is 12.3. The molecule has 286 valence electrons. The van der Waals surface area contributed by atoms with Crippen molar-refractivity contribution in [3.05, 3.63) is 237 Å². The average molecular weight is 778 g/mol. The molecule has 0 radical (unpaired) electrons. The molecule has 3 heteroatoms. The van der Waals surface area contributed by atoms with E-state index in [1.54, 1.807) is 0 Å². The van der Waals surface area contributed by atoms with E-state index >= 15 is 0 Å². The number of rotatable bonds is 7. The van der Waals surface area contributed by atoms with Crippen molar-refractivity contribution in [3.8, 4) is 33.6 Å². The number of anilines is 3. The lowest BCUT2D eigenvalue weighted by atomic mass is 9.93. The van der Waals surface area contributed by atoms with Crippen molar-refractivity contribution in [1.82, 2.24) is 9.13 Å². The average Bonchev–Trinajstić information content (AvgIpc) is 3.86. The van der Waals surface area contributed by atoms with Gasteiger partial charge in [0.15, 0.2) is 0 Å². The van der Waals surface area contributed by atoms with Crippen LogP contribution in [0.2, 0.25) is 0 Å². The largest absolute Gasteiger partial charge is 0.309 e. The predicted molar refractivity (Wildman–Crippen MR) is 258 cm³/mol. The maximum atomic E-state index is 2.50. The van der Waals surface area contributed by atoms with E-state index in [1.165, 1.54) is 60.0 Å². The molecule has 0 N–H and O–H groups in total. The summed E-state index contributed by atoms with van der Waals surface area (Å²) in [6.45, 7) is 0. The number of benzene rings is 10. The molecular formula is C58H39N3. The van der Waals surface area contributed by atoms with Gasteiger partial charge in [-0.1, -0.05) is 170 Å². The standard InChI is InChI=1S/C58H39N3/c1-3-19-40(20-4-1)42-22-17-25-44(39-42)60(55-36-18-35-54-58(55)49-30-12-16-34-53(49)59(54)43-23-5-2-6-24-43)52-33-15-11-29-48(52)57-45-26-8-7-21-41(45)37-38-56(57)61-50-31-13-9-27-46(50)47-28-10-14-32-51(47)61/h1-39H. The minimum atomic E-state index is 1.08. The zero-order valence-electron chi connectivity index (χ0n) is 33.4. The van der Waals surface area contributed by atoms with E-state index in [-0.39, 0.29) is 0 Å². The van der Waals surface area contributed by atoms with Crippen LogP contribution >= 0.6 is 0 Å². The van der Waals surface area contributed by atoms with Crippen LogP contribution in [0.25, 0.3) is 88.0 Å². The van der Waals surface area contributed by atoms with Gasteiger partial charge in [0.05, 0.1) is 39.1 Å². The lowest BCUT2D eigenvalue weighted by Crippen LogP contribution is -2.12. The Bertz CT molecular complexity index is 3540. The summed E-state index contributed by atoms with van der Waals surface area (Å²) in [5.41, 5.74) is 14.9. The smallest absolute Gasteiger partial charge is 0.0562 e. The van der Waals surface area contributed by atoms with E-state index in [1.807, 2.05) is 0 Å². The minimum absolute atomic E-state index is 1.08. The number of nitrogens with zero attached hydrogens (tertiary/aromatic N) is 3. The van der Waals surface area contributed by atoms with Gasteiger partial charge in [-0.15, -0.1) is 0 Å². The first kappa shape index (κ1) is 34.9. The van der Waals surface area contributed by atoms with Crippen LogP contribution in [-0.4, -0.2) is 9.13 Å². The van der Waals surface area contributed by atoms with Crippen LogP contribution in [0.5, 0.6) is 0 Å². The summed E-state index contributed by atoms with van der Waals surface area (Å²) in [6, 6.07) is 86.1. The second kappa shape index (κ2) is 14.3. The van der Waals surface area contributed by atoms with E-state index in [9.17, 15) is 0 Å². The fraction of sp³-hybridized carbons (Fsp3) is 0. The molecule has 0 aliphatic rings. The second-order valence-electron chi connectivity index (χ2n) is 15.7. The number of hydrogen-bond acceptors (Lipinski definition) is 1. The van der Waals surface area contributed by atoms with Gasteiger partial charge in [-0.05, 0) is 88.6 Å². The molecule has 2 heterocycles. The molecule has 2 aromatic heterocycles. The third kappa shape index (κ3) is 5.59. The molecule has 0 fully saturated rings. The van der Waals surface area contributed by atoms with Crippen molar-refractivity contribution in [3.63, 3.8) is 0 Å². The molecule has 0 saturated carbocycles. The summed E-state index contributed by atoms with van der Waals surface area (Å²) in [6.07, 6.45) is 0. The van der Waals surface area contributed by atoms with Gasteiger partial charge < -0.3 is 14.0 Å². The van der Waals surface area contributed by atoms with Crippen LogP contribution in [-0.2, 0) is 0 Å². The normalized spacial score (nSPS) is 11.6. The van der Waals surface area contributed by atoms with Gasteiger partial charge in [-0.2, -0.15) is 0 Å². The molecular weight excluding hydrogens is 739 g/mol. The van der Waals surface area contributed by atoms with Gasteiger partial charge in [-0.25, -0.2) is 0 Å². The summed E-state index contributed by atoms with van der Waals surface area (Å²) >= 11 is 0. The molecule has 12 rings (SSSR count). The van der Waals surface area contributed by atoms with Crippen LogP contribution in [0.3, 0.4) is 0 Å². The fourth-order valence-electron chi connectivity index (χ4n) is 9.70. The van der Waals surface area contributed by atoms with Crippen molar-refractivity contribution in [2.24, 2.45) is 0 Å². The summed E-state index contributed by atoms with van der Waals surface area (Å²) in [5, 5.41) is 7.28. The molecule has 12 aromatic rings. The third-order valence-corrected chi connectivity index (χ3v) is 12.3. The maximum Gasteiger partial charge on any atom is 0.0562 e. The van der Waals surface area contributed by atoms with E-state index in [4.69, 9.17) is 0 Å². The Kier molecular flexibility index (Phi) is 8.17. The quantitative estimate of drug-likeness (QED) is 0.157. The predicted octanol–water partition coefficient (Wildman–Crippen LogP) is 15.8. The van der Waals surface area contributed by atoms with Crippen LogP contribution < -0.4 is 4.90 Å². The highest BCUT2D eigenvalue weighted by Crippen LogP contribution is 2.49. The van der Waals surface area contributed by atoms with Crippen molar-refractivity contribution >= 4 is 71.4 Å². The Morgan fingerprint density at radius 3 is 1.62 bits per heavy atom. The summed E-state index contributed by atoms with van der Waals surface area (Å²) in [4.78, 5) is 2.50. The highest BCUT2D eigenvalue weighted by atomic mass is 15.2. The molecule has 0 spiro atoms. The fourth-order valence-corrected chi connectivity index (χ4v) is 9.70. The lowest BCUT2D eigenvalue weighted by Gasteiger charge is -2.30. The molecule has 0 amide bonds. The Balaban J connectivity index is 1.20. The molecule has 10 aromatic carbocycles. The number of aromatic nitrogens is 2. The first-order valence-electron chi connectivity index (χ1n) is 20.9. The SMILES string of the molecule is c1ccc(-c2cccc(N(c3ccccc3-c3c(-n4c5ccccc5c5ccccc54)ccc4ccccc34)c3cccc4c3c3ccccc3n4-c3ccccc3)c2)cc1. The highest BCUT2D eigenvalue weighted by molar-refractivity contribution is 6.18. The molecule has 0 atom stereocenters. The van der Waals surface area contributed by atoms with Gasteiger partial charge in [0.2, 0.25) is 0 Å². The summed E-state index contributed by atoms with van der Waals surface area (Å²) in [5.74, 6) is 0. The van der Waals surface area contributed by atoms with Crippen LogP contribution in [0.1, 0.15) is 0 Å². The molecule has 0 aliphatic carbocycles. The van der Waals surface area contributed by atoms with Gasteiger partial charge in [0.1, 0.15) is 0 Å². The summed E-state index contributed by atoms with van der Waals surface area (Å²) < 4.78 is 4.88. The zero-order valence-corrected chi connectivity index (χ0v) is 33.4. The van der Waals surface area contributed by atoms with Crippen molar-refractivity contribution in [2.45, 2.75) is 0 Å². The highest BCUT2D eigenvalue weighted by Gasteiger charge is 2.26. The van der Waals surface area contributed by atoms with E-state index in [0.717, 1.165) is 45.1 Å². The second-order valence-corrected chi connectivity index (χ2v) is 15.7. The Labute approximate surface area is 354 Å². The molecule has 0 saturated heterocycles. The van der Waals surface area contributed by atoms with Crippen molar-refractivity contribution in [1.29, 1.82) is 0 Å². The van der Waals surface area contributed by atoms with Gasteiger partial charge in [0, 0.05) is 44.0 Å². The van der Waals surface area contributed by atoms with E-state index in [2.05, 4.69) is 251 Å². The number of fused-ring (bicyclic) bond motifs is 7. The Morgan fingerprint density at radius 2 is 0.869 bits per heavy atom. The molecule has 0 unspecified atom stereocenters. The first-order chi connectivity index (χ1) is 30.3. The van der Waals surface area contributed by atoms with Gasteiger partial charge >= 0.3 is 0 Å². The van der Waals surface area contributed by atoms with Gasteiger partial charge in [-0.3, -0.25) is 0 Å². The van der Waals surface area contributed by atoms with Crippen LogP contribution in [0, 0.1) is 0 Å². The molecule has 61 heavy (non-hydrogen) atoms. The number of para-hydroxylation sites is 5. The first-order valence-corrected chi connectivity index (χ1v) is 20.9. The van der Waals surface area contributed by atoms with Crippen LogP contribution in [0.15, 0.2) is 237 Å². The van der Waals surface area contributed by atoms with Crippen LogP contribution in [0.4, 0.5) is 17.1 Å². The van der Waals surface area contributed by atoms with Gasteiger partial charge in [0.25, 0.3) is 0 Å². The maximum absolute atomic E-state index is 2.50. The number of hydrogen-bond donors (Lipinski definition) is 0.